The summed E-state index contributed by atoms with van der Waals surface area (Å²) in [5, 5.41) is 3.05. The SMILES string of the molecule is NC(=S)c1ccc(NCC2CC3CCC2C3)c(F)c1F. The molecule has 20 heavy (non-hydrogen) atoms. The number of nitrogens with two attached hydrogens (primary N) is 1. The highest BCUT2D eigenvalue weighted by molar-refractivity contribution is 7.80. The summed E-state index contributed by atoms with van der Waals surface area (Å²) in [6.07, 6.45) is 5.15. The first-order valence-electron chi connectivity index (χ1n) is 7.08. The molecule has 0 saturated heterocycles. The van der Waals surface area contributed by atoms with Gasteiger partial charge in [0.05, 0.1) is 5.69 Å². The molecule has 0 aromatic heterocycles. The summed E-state index contributed by atoms with van der Waals surface area (Å²) in [5.41, 5.74) is 5.51. The van der Waals surface area contributed by atoms with Crippen LogP contribution in [-0.2, 0) is 0 Å². The molecule has 0 radical (unpaired) electrons. The van der Waals surface area contributed by atoms with Gasteiger partial charge in [-0.25, -0.2) is 8.78 Å². The van der Waals surface area contributed by atoms with Gasteiger partial charge in [-0.15, -0.1) is 0 Å². The molecule has 3 atom stereocenters. The van der Waals surface area contributed by atoms with E-state index in [9.17, 15) is 8.78 Å². The third-order valence-electron chi connectivity index (χ3n) is 4.79. The molecular weight excluding hydrogens is 278 g/mol. The fraction of sp³-hybridized carbons (Fsp3) is 0.533. The van der Waals surface area contributed by atoms with Crippen LogP contribution in [0.15, 0.2) is 12.1 Å². The van der Waals surface area contributed by atoms with Crippen molar-refractivity contribution in [1.82, 2.24) is 0 Å². The summed E-state index contributed by atoms with van der Waals surface area (Å²) in [5.74, 6) is 0.349. The lowest BCUT2D eigenvalue weighted by Crippen LogP contribution is -2.21. The lowest BCUT2D eigenvalue weighted by Gasteiger charge is -2.22. The number of hydrogen-bond donors (Lipinski definition) is 2. The summed E-state index contributed by atoms with van der Waals surface area (Å²) in [6, 6.07) is 2.95. The number of hydrogen-bond acceptors (Lipinski definition) is 2. The van der Waals surface area contributed by atoms with Crippen LogP contribution in [0.3, 0.4) is 0 Å². The van der Waals surface area contributed by atoms with E-state index < -0.39 is 11.6 Å². The Balaban J connectivity index is 1.69. The van der Waals surface area contributed by atoms with Gasteiger partial charge < -0.3 is 11.1 Å². The van der Waals surface area contributed by atoms with E-state index >= 15 is 0 Å². The Morgan fingerprint density at radius 3 is 2.65 bits per heavy atom. The Morgan fingerprint density at radius 1 is 1.25 bits per heavy atom. The fourth-order valence-corrected chi connectivity index (χ4v) is 3.90. The first-order chi connectivity index (χ1) is 9.56. The molecule has 2 nitrogen and oxygen atoms in total. The number of thiocarbonyl (C=S) groups is 1. The van der Waals surface area contributed by atoms with E-state index in [0.29, 0.717) is 12.5 Å². The van der Waals surface area contributed by atoms with E-state index in [-0.39, 0.29) is 16.2 Å². The van der Waals surface area contributed by atoms with Gasteiger partial charge in [-0.05, 0) is 49.1 Å². The van der Waals surface area contributed by atoms with Gasteiger partial charge in [-0.1, -0.05) is 18.6 Å². The molecule has 2 fully saturated rings. The summed E-state index contributed by atoms with van der Waals surface area (Å²) in [7, 11) is 0. The quantitative estimate of drug-likeness (QED) is 0.836. The van der Waals surface area contributed by atoms with E-state index in [0.717, 1.165) is 11.8 Å². The maximum Gasteiger partial charge on any atom is 0.182 e. The second kappa shape index (κ2) is 5.28. The summed E-state index contributed by atoms with van der Waals surface area (Å²) < 4.78 is 27.7. The molecule has 1 aromatic carbocycles. The maximum absolute atomic E-state index is 13.9. The molecule has 0 amide bonds. The average molecular weight is 296 g/mol. The number of rotatable bonds is 4. The molecule has 2 aliphatic carbocycles. The summed E-state index contributed by atoms with van der Waals surface area (Å²) in [6.45, 7) is 0.712. The predicted molar refractivity (Wildman–Crippen MR) is 79.7 cm³/mol. The number of fused-ring (bicyclic) bond motifs is 2. The number of benzene rings is 1. The first-order valence-corrected chi connectivity index (χ1v) is 7.48. The number of anilines is 1. The molecule has 2 aliphatic rings. The zero-order valence-corrected chi connectivity index (χ0v) is 12.0. The Bertz CT molecular complexity index is 547. The molecule has 0 spiro atoms. The third-order valence-corrected chi connectivity index (χ3v) is 5.01. The van der Waals surface area contributed by atoms with E-state index in [4.69, 9.17) is 18.0 Å². The highest BCUT2D eigenvalue weighted by atomic mass is 32.1. The molecule has 3 unspecified atom stereocenters. The Labute approximate surface area is 122 Å². The molecule has 108 valence electrons. The van der Waals surface area contributed by atoms with Crippen molar-refractivity contribution >= 4 is 22.9 Å². The lowest BCUT2D eigenvalue weighted by atomic mass is 9.89. The maximum atomic E-state index is 13.9. The predicted octanol–water partition coefficient (Wildman–Crippen LogP) is 3.45. The van der Waals surface area contributed by atoms with E-state index in [1.54, 1.807) is 0 Å². The van der Waals surface area contributed by atoms with Crippen molar-refractivity contribution in [3.8, 4) is 0 Å². The lowest BCUT2D eigenvalue weighted by molar-refractivity contribution is 0.348. The zero-order chi connectivity index (χ0) is 14.3. The fourth-order valence-electron chi connectivity index (χ4n) is 3.74. The molecule has 0 aliphatic heterocycles. The molecule has 2 bridgehead atoms. The minimum atomic E-state index is -0.963. The first kappa shape index (κ1) is 13.7. The smallest absolute Gasteiger partial charge is 0.182 e. The third kappa shape index (κ3) is 2.39. The molecule has 1 aromatic rings. The second-order valence-electron chi connectivity index (χ2n) is 5.97. The van der Waals surface area contributed by atoms with Crippen molar-refractivity contribution in [3.63, 3.8) is 0 Å². The van der Waals surface area contributed by atoms with E-state index in [2.05, 4.69) is 5.32 Å². The van der Waals surface area contributed by atoms with Crippen molar-refractivity contribution in [2.24, 2.45) is 23.5 Å². The molecule has 3 rings (SSSR count). The molecule has 2 saturated carbocycles. The van der Waals surface area contributed by atoms with E-state index in [1.807, 2.05) is 0 Å². The van der Waals surface area contributed by atoms with Gasteiger partial charge in [0.2, 0.25) is 0 Å². The minimum absolute atomic E-state index is 0.0389. The van der Waals surface area contributed by atoms with Gasteiger partial charge in [-0.3, -0.25) is 0 Å². The molecule has 3 N–H and O–H groups in total. The standard InChI is InChI=1S/C15H18F2N2S/c16-13-11(15(18)20)3-4-12(14(13)17)19-7-10-6-8-1-2-9(10)5-8/h3-4,8-10,19H,1-2,5-7H2,(H2,18,20). The highest BCUT2D eigenvalue weighted by Gasteiger charge is 2.39. The molecule has 0 heterocycles. The Morgan fingerprint density at radius 2 is 2.05 bits per heavy atom. The van der Waals surface area contributed by atoms with Crippen molar-refractivity contribution in [2.45, 2.75) is 25.7 Å². The van der Waals surface area contributed by atoms with Crippen LogP contribution >= 0.6 is 12.2 Å². The van der Waals surface area contributed by atoms with Crippen LogP contribution in [0.4, 0.5) is 14.5 Å². The molecular formula is C15H18F2N2S. The zero-order valence-electron chi connectivity index (χ0n) is 11.2. The average Bonchev–Trinajstić information content (AvgIpc) is 3.02. The van der Waals surface area contributed by atoms with Crippen molar-refractivity contribution in [2.75, 3.05) is 11.9 Å². The van der Waals surface area contributed by atoms with Gasteiger partial charge >= 0.3 is 0 Å². The Kier molecular flexibility index (Phi) is 3.63. The van der Waals surface area contributed by atoms with Gasteiger partial charge in [0.15, 0.2) is 11.6 Å². The van der Waals surface area contributed by atoms with Crippen molar-refractivity contribution in [3.05, 3.63) is 29.3 Å². The summed E-state index contributed by atoms with van der Waals surface area (Å²) in [4.78, 5) is -0.124. The van der Waals surface area contributed by atoms with Crippen LogP contribution in [-0.4, -0.2) is 11.5 Å². The number of halogens is 2. The molecule has 5 heteroatoms. The summed E-state index contributed by atoms with van der Waals surface area (Å²) >= 11 is 4.69. The van der Waals surface area contributed by atoms with Crippen LogP contribution in [0.5, 0.6) is 0 Å². The van der Waals surface area contributed by atoms with Crippen LogP contribution in [0.25, 0.3) is 0 Å². The largest absolute Gasteiger partial charge is 0.389 e. The Hall–Kier alpha value is -1.23. The second-order valence-corrected chi connectivity index (χ2v) is 6.41. The number of nitrogens with one attached hydrogen (secondary N) is 1. The highest BCUT2D eigenvalue weighted by Crippen LogP contribution is 2.48. The van der Waals surface area contributed by atoms with Crippen LogP contribution in [0.2, 0.25) is 0 Å². The van der Waals surface area contributed by atoms with Crippen LogP contribution in [0, 0.1) is 29.4 Å². The van der Waals surface area contributed by atoms with Gasteiger partial charge in [0, 0.05) is 12.1 Å². The van der Waals surface area contributed by atoms with Gasteiger partial charge in [0.25, 0.3) is 0 Å². The van der Waals surface area contributed by atoms with Crippen molar-refractivity contribution in [1.29, 1.82) is 0 Å². The van der Waals surface area contributed by atoms with Gasteiger partial charge in [0.1, 0.15) is 4.99 Å². The van der Waals surface area contributed by atoms with Crippen molar-refractivity contribution < 1.29 is 8.78 Å². The minimum Gasteiger partial charge on any atom is -0.389 e. The normalized spacial score (nSPS) is 27.8. The van der Waals surface area contributed by atoms with E-state index in [1.165, 1.54) is 37.8 Å². The van der Waals surface area contributed by atoms with Gasteiger partial charge in [-0.2, -0.15) is 0 Å². The monoisotopic (exact) mass is 296 g/mol. The topological polar surface area (TPSA) is 38.0 Å². The van der Waals surface area contributed by atoms with Crippen LogP contribution < -0.4 is 11.1 Å². The van der Waals surface area contributed by atoms with Crippen LogP contribution in [0.1, 0.15) is 31.2 Å².